The van der Waals surface area contributed by atoms with E-state index in [4.69, 9.17) is 4.74 Å². The summed E-state index contributed by atoms with van der Waals surface area (Å²) >= 11 is 0. The smallest absolute Gasteiger partial charge is 0.288 e. The molecule has 1 aliphatic rings. The summed E-state index contributed by atoms with van der Waals surface area (Å²) in [5.41, 5.74) is 0. The first-order chi connectivity index (χ1) is 9.24. The van der Waals surface area contributed by atoms with Crippen molar-refractivity contribution >= 4 is 20.1 Å². The van der Waals surface area contributed by atoms with Crippen molar-refractivity contribution in [3.8, 4) is 5.75 Å². The quantitative estimate of drug-likeness (QED) is 0.759. The van der Waals surface area contributed by atoms with Gasteiger partial charge < -0.3 is 4.74 Å². The van der Waals surface area contributed by atoms with Crippen LogP contribution in [-0.2, 0) is 9.84 Å². The number of methoxy groups -OCH3 is 1. The molecule has 0 bridgehead atoms. The van der Waals surface area contributed by atoms with E-state index in [-0.39, 0.29) is 10.6 Å². The van der Waals surface area contributed by atoms with E-state index in [2.05, 4.69) is 0 Å². The van der Waals surface area contributed by atoms with Crippen LogP contribution in [0.1, 0.15) is 12.8 Å². The van der Waals surface area contributed by atoms with Crippen LogP contribution in [0.25, 0.3) is 0 Å². The highest BCUT2D eigenvalue weighted by atomic mass is 32.5. The summed E-state index contributed by atoms with van der Waals surface area (Å²) in [6, 6.07) is 5.19. The summed E-state index contributed by atoms with van der Waals surface area (Å²) in [6.45, 7) is 0. The zero-order valence-electron chi connectivity index (χ0n) is 10.8. The molecule has 0 N–H and O–H groups in total. The van der Waals surface area contributed by atoms with Crippen LogP contribution in [0.4, 0.5) is 19.4 Å². The predicted octanol–water partition coefficient (Wildman–Crippen LogP) is 4.30. The Kier molecular flexibility index (Phi) is 3.14. The number of benzene rings is 1. The minimum atomic E-state index is -9.61. The first-order valence-electron chi connectivity index (χ1n) is 5.85. The molecule has 21 heavy (non-hydrogen) atoms. The molecule has 1 aliphatic carbocycles. The van der Waals surface area contributed by atoms with Crippen molar-refractivity contribution in [2.75, 3.05) is 7.11 Å². The van der Waals surface area contributed by atoms with Gasteiger partial charge in [-0.05, 0) is 31.0 Å². The molecule has 1 aromatic carbocycles. The third-order valence-corrected chi connectivity index (χ3v) is 7.31. The molecular weight excluding hydrogens is 339 g/mol. The Morgan fingerprint density at radius 3 is 2.19 bits per heavy atom. The Labute approximate surface area is 118 Å². The first-order valence-corrected chi connectivity index (χ1v) is 9.41. The Bertz CT molecular complexity index is 663. The van der Waals surface area contributed by atoms with Crippen LogP contribution in [-0.4, -0.2) is 26.0 Å². The van der Waals surface area contributed by atoms with Gasteiger partial charge in [-0.25, -0.2) is 8.42 Å². The summed E-state index contributed by atoms with van der Waals surface area (Å²) in [5.74, 6) is 0.222. The topological polar surface area (TPSA) is 43.4 Å². The van der Waals surface area contributed by atoms with Crippen LogP contribution in [0.15, 0.2) is 29.2 Å². The molecule has 122 valence electrons. The Hall–Kier alpha value is -1.03. The maximum atomic E-state index is 12.5. The van der Waals surface area contributed by atoms with E-state index >= 15 is 0 Å². The second-order valence-corrected chi connectivity index (χ2v) is 9.92. The normalized spacial score (nSPS) is 26.4. The lowest BCUT2D eigenvalue weighted by Crippen LogP contribution is -2.45. The number of ether oxygens (including phenoxy) is 1. The highest BCUT2D eigenvalue weighted by molar-refractivity contribution is 8.46. The van der Waals surface area contributed by atoms with Gasteiger partial charge in [-0.2, -0.15) is 0 Å². The van der Waals surface area contributed by atoms with Gasteiger partial charge in [0.15, 0.2) is 9.84 Å². The minimum Gasteiger partial charge on any atom is -0.497 e. The van der Waals surface area contributed by atoms with Gasteiger partial charge in [0.1, 0.15) is 11.0 Å². The van der Waals surface area contributed by atoms with Crippen molar-refractivity contribution in [2.24, 2.45) is 0 Å². The van der Waals surface area contributed by atoms with Crippen LogP contribution in [0, 0.1) is 0 Å². The fraction of sp³-hybridized carbons (Fsp3) is 0.455. The summed E-state index contributed by atoms with van der Waals surface area (Å²) in [5, 5.41) is -4.27. The highest BCUT2D eigenvalue weighted by Crippen LogP contribution is 3.02. The summed E-state index contributed by atoms with van der Waals surface area (Å²) in [4.78, 5) is -0.229. The Balaban J connectivity index is 2.22. The van der Waals surface area contributed by atoms with E-state index < -0.39 is 43.4 Å². The first kappa shape index (κ1) is 16.3. The lowest BCUT2D eigenvalue weighted by Gasteiger charge is -2.53. The molecule has 0 radical (unpaired) electrons. The van der Waals surface area contributed by atoms with Crippen LogP contribution >= 0.6 is 10.2 Å². The van der Waals surface area contributed by atoms with Gasteiger partial charge in [-0.15, -0.1) is 0 Å². The van der Waals surface area contributed by atoms with Crippen molar-refractivity contribution in [1.82, 2.24) is 0 Å². The third kappa shape index (κ3) is 3.25. The molecular formula is C11H13F5O3S2. The lowest BCUT2D eigenvalue weighted by molar-refractivity contribution is 0.302. The molecule has 2 rings (SSSR count). The Morgan fingerprint density at radius 1 is 1.14 bits per heavy atom. The van der Waals surface area contributed by atoms with Gasteiger partial charge in [0, 0.05) is 0 Å². The molecule has 0 spiro atoms. The molecule has 0 atom stereocenters. The molecule has 3 nitrogen and oxygen atoms in total. The van der Waals surface area contributed by atoms with Crippen molar-refractivity contribution in [1.29, 1.82) is 0 Å². The summed E-state index contributed by atoms with van der Waals surface area (Å²) in [7, 11) is -12.4. The molecule has 0 amide bonds. The molecule has 1 saturated carbocycles. The van der Waals surface area contributed by atoms with E-state index in [1.807, 2.05) is 0 Å². The number of hydrogen-bond donors (Lipinski definition) is 0. The number of halogens is 5. The Morgan fingerprint density at radius 2 is 1.71 bits per heavy atom. The van der Waals surface area contributed by atoms with Crippen LogP contribution in [0.2, 0.25) is 0 Å². The SMILES string of the molecule is COc1cccc(S(=O)(=O)C2CC(S(F)(F)(F)(F)F)C2)c1. The van der Waals surface area contributed by atoms with Crippen LogP contribution in [0.5, 0.6) is 5.75 Å². The zero-order chi connectivity index (χ0) is 16.2. The van der Waals surface area contributed by atoms with Crippen molar-refractivity contribution in [2.45, 2.75) is 28.2 Å². The monoisotopic (exact) mass is 352 g/mol. The largest absolute Gasteiger partial charge is 0.497 e. The second kappa shape index (κ2) is 4.03. The van der Waals surface area contributed by atoms with Crippen molar-refractivity contribution in [3.05, 3.63) is 24.3 Å². The van der Waals surface area contributed by atoms with E-state index in [1.54, 1.807) is 0 Å². The molecule has 1 aromatic rings. The average molecular weight is 352 g/mol. The van der Waals surface area contributed by atoms with Crippen molar-refractivity contribution < 1.29 is 32.6 Å². The van der Waals surface area contributed by atoms with E-state index in [0.29, 0.717) is 0 Å². The van der Waals surface area contributed by atoms with Gasteiger partial charge in [0.2, 0.25) is 0 Å². The lowest BCUT2D eigenvalue weighted by atomic mass is 9.99. The highest BCUT2D eigenvalue weighted by Gasteiger charge is 2.73. The van der Waals surface area contributed by atoms with Crippen molar-refractivity contribution in [3.63, 3.8) is 0 Å². The molecule has 1 fully saturated rings. The predicted molar refractivity (Wildman–Crippen MR) is 70.1 cm³/mol. The second-order valence-electron chi connectivity index (χ2n) is 4.97. The molecule has 0 unspecified atom stereocenters. The van der Waals surface area contributed by atoms with Gasteiger partial charge in [-0.1, -0.05) is 25.5 Å². The maximum Gasteiger partial charge on any atom is 0.288 e. The summed E-state index contributed by atoms with van der Waals surface area (Å²) in [6.07, 6.45) is -2.20. The number of sulfone groups is 1. The van der Waals surface area contributed by atoms with E-state index in [9.17, 15) is 27.8 Å². The van der Waals surface area contributed by atoms with Gasteiger partial charge in [0.05, 0.1) is 17.3 Å². The van der Waals surface area contributed by atoms with Crippen LogP contribution in [0.3, 0.4) is 0 Å². The van der Waals surface area contributed by atoms with Gasteiger partial charge >= 0.3 is 0 Å². The molecule has 0 heterocycles. The average Bonchev–Trinajstić information content (AvgIpc) is 2.22. The zero-order valence-corrected chi connectivity index (χ0v) is 12.4. The number of rotatable bonds is 4. The third-order valence-electron chi connectivity index (χ3n) is 3.49. The van der Waals surface area contributed by atoms with Crippen LogP contribution < -0.4 is 4.74 Å². The van der Waals surface area contributed by atoms with Gasteiger partial charge in [-0.3, -0.25) is 0 Å². The van der Waals surface area contributed by atoms with E-state index in [1.165, 1.54) is 25.3 Å². The minimum absolute atomic E-state index is 0.222. The van der Waals surface area contributed by atoms with Gasteiger partial charge in [0.25, 0.3) is 10.2 Å². The molecule has 0 aromatic heterocycles. The molecule has 0 saturated heterocycles. The maximum absolute atomic E-state index is 12.5. The summed E-state index contributed by atoms with van der Waals surface area (Å²) < 4.78 is 91.7. The number of hydrogen-bond acceptors (Lipinski definition) is 3. The molecule has 10 heteroatoms. The van der Waals surface area contributed by atoms with E-state index in [0.717, 1.165) is 6.07 Å². The standard InChI is InChI=1S/C11H13F5O3S2/c1-19-8-3-2-4-9(5-8)20(17,18)10-6-11(7-10)21(12,13,14,15)16/h2-5,10-11H,6-7H2,1H3. The fourth-order valence-electron chi connectivity index (χ4n) is 2.11. The molecule has 0 aliphatic heterocycles. The fourth-order valence-corrected chi connectivity index (χ4v) is 5.45.